The average molecular weight is 474 g/mol. The number of rotatable bonds is 7. The van der Waals surface area contributed by atoms with Gasteiger partial charge in [0.05, 0.1) is 32.2 Å². The Morgan fingerprint density at radius 2 is 1.71 bits per heavy atom. The average Bonchev–Trinajstić information content (AvgIpc) is 3.22. The number of nitrogens with one attached hydrogen (secondary N) is 1. The third-order valence-electron chi connectivity index (χ3n) is 5.68. The van der Waals surface area contributed by atoms with E-state index in [0.717, 1.165) is 0 Å². The van der Waals surface area contributed by atoms with E-state index in [2.05, 4.69) is 10.4 Å². The lowest BCUT2D eigenvalue weighted by atomic mass is 10.2. The molecule has 1 fully saturated rings. The first-order chi connectivity index (χ1) is 16.3. The van der Waals surface area contributed by atoms with E-state index in [9.17, 15) is 14.4 Å². The van der Waals surface area contributed by atoms with E-state index in [1.54, 1.807) is 59.6 Å². The fourth-order valence-corrected chi connectivity index (χ4v) is 3.68. The molecule has 0 spiro atoms. The van der Waals surface area contributed by atoms with Crippen LogP contribution in [0.25, 0.3) is 0 Å². The molecule has 0 bridgehead atoms. The predicted molar refractivity (Wildman–Crippen MR) is 124 cm³/mol. The molecule has 0 radical (unpaired) electrons. The molecular formula is C23H31N5O6. The van der Waals surface area contributed by atoms with Gasteiger partial charge in [-0.15, -0.1) is 0 Å². The van der Waals surface area contributed by atoms with Crippen molar-refractivity contribution in [1.82, 2.24) is 19.6 Å². The van der Waals surface area contributed by atoms with Gasteiger partial charge in [0, 0.05) is 37.9 Å². The van der Waals surface area contributed by atoms with Gasteiger partial charge >= 0.3 is 6.09 Å². The van der Waals surface area contributed by atoms with E-state index in [0.29, 0.717) is 61.2 Å². The molecule has 1 atom stereocenters. The molecule has 11 nitrogen and oxygen atoms in total. The van der Waals surface area contributed by atoms with Gasteiger partial charge in [-0.2, -0.15) is 5.10 Å². The maximum atomic E-state index is 13.0. The van der Waals surface area contributed by atoms with Gasteiger partial charge in [-0.3, -0.25) is 14.3 Å². The number of methoxy groups -OCH3 is 2. The molecule has 1 N–H and O–H groups in total. The largest absolute Gasteiger partial charge is 0.493 e. The highest BCUT2D eigenvalue weighted by Gasteiger charge is 2.29. The minimum absolute atomic E-state index is 0.108. The Kier molecular flexibility index (Phi) is 7.98. The van der Waals surface area contributed by atoms with Crippen LogP contribution < -0.4 is 14.8 Å². The number of hydrogen-bond acceptors (Lipinski definition) is 7. The van der Waals surface area contributed by atoms with Gasteiger partial charge in [0.1, 0.15) is 6.04 Å². The third kappa shape index (κ3) is 5.41. The lowest BCUT2D eigenvalue weighted by molar-refractivity contribution is -0.136. The van der Waals surface area contributed by atoms with Crippen LogP contribution in [-0.4, -0.2) is 84.5 Å². The summed E-state index contributed by atoms with van der Waals surface area (Å²) in [6, 6.07) is 4.32. The van der Waals surface area contributed by atoms with E-state index >= 15 is 0 Å². The van der Waals surface area contributed by atoms with Crippen LogP contribution in [0.4, 0.5) is 10.5 Å². The molecule has 11 heteroatoms. The van der Waals surface area contributed by atoms with Gasteiger partial charge in [-0.25, -0.2) is 4.79 Å². The summed E-state index contributed by atoms with van der Waals surface area (Å²) >= 11 is 0. The van der Waals surface area contributed by atoms with Gasteiger partial charge in [0.25, 0.3) is 5.91 Å². The van der Waals surface area contributed by atoms with Crippen molar-refractivity contribution in [2.24, 2.45) is 0 Å². The second-order valence-electron chi connectivity index (χ2n) is 7.82. The van der Waals surface area contributed by atoms with E-state index in [1.165, 1.54) is 14.2 Å². The summed E-state index contributed by atoms with van der Waals surface area (Å²) in [7, 11) is 3.03. The Balaban J connectivity index is 1.64. The lowest BCUT2D eigenvalue weighted by Gasteiger charge is -2.35. The molecule has 34 heavy (non-hydrogen) atoms. The zero-order valence-electron chi connectivity index (χ0n) is 20.2. The Labute approximate surface area is 198 Å². The minimum atomic E-state index is -0.570. The number of benzene rings is 1. The Morgan fingerprint density at radius 3 is 2.32 bits per heavy atom. The maximum Gasteiger partial charge on any atom is 0.409 e. The highest BCUT2D eigenvalue weighted by molar-refractivity contribution is 6.04. The summed E-state index contributed by atoms with van der Waals surface area (Å²) in [4.78, 5) is 40.9. The number of carbonyl (C=O) groups is 3. The van der Waals surface area contributed by atoms with E-state index < -0.39 is 6.04 Å². The van der Waals surface area contributed by atoms with E-state index in [1.807, 2.05) is 0 Å². The predicted octanol–water partition coefficient (Wildman–Crippen LogP) is 2.32. The molecule has 1 aromatic heterocycles. The summed E-state index contributed by atoms with van der Waals surface area (Å²) in [6.07, 6.45) is 1.28. The molecule has 1 unspecified atom stereocenters. The number of nitrogens with zero attached hydrogens (tertiary/aromatic N) is 4. The van der Waals surface area contributed by atoms with Gasteiger partial charge < -0.3 is 29.3 Å². The summed E-state index contributed by atoms with van der Waals surface area (Å²) in [5.74, 6) is 0.532. The highest BCUT2D eigenvalue weighted by Crippen LogP contribution is 2.28. The zero-order chi connectivity index (χ0) is 24.8. The first-order valence-electron chi connectivity index (χ1n) is 11.1. The lowest BCUT2D eigenvalue weighted by Crippen LogP contribution is -2.52. The number of ether oxygens (including phenoxy) is 3. The smallest absolute Gasteiger partial charge is 0.409 e. The molecule has 184 valence electrons. The number of aryl methyl sites for hydroxylation is 1. The van der Waals surface area contributed by atoms with Crippen LogP contribution >= 0.6 is 0 Å². The SMILES string of the molecule is CCOC(=O)N1CCN(C(=O)C(C)n2cc(NC(=O)c3ccc(OC)c(OC)c3)c(C)n2)CC1. The van der Waals surface area contributed by atoms with E-state index in [-0.39, 0.29) is 17.9 Å². The van der Waals surface area contributed by atoms with Gasteiger partial charge in [-0.1, -0.05) is 0 Å². The molecule has 2 heterocycles. The number of carbonyl (C=O) groups excluding carboxylic acids is 3. The molecule has 1 saturated heterocycles. The molecule has 3 rings (SSSR count). The van der Waals surface area contributed by atoms with Gasteiger partial charge in [-0.05, 0) is 39.0 Å². The van der Waals surface area contributed by atoms with Crippen LogP contribution in [0.15, 0.2) is 24.4 Å². The first-order valence-corrected chi connectivity index (χ1v) is 11.1. The topological polar surface area (TPSA) is 115 Å². The van der Waals surface area contributed by atoms with Crippen molar-refractivity contribution in [3.05, 3.63) is 35.7 Å². The van der Waals surface area contributed by atoms with Crippen molar-refractivity contribution in [3.63, 3.8) is 0 Å². The Morgan fingerprint density at radius 1 is 1.06 bits per heavy atom. The van der Waals surface area contributed by atoms with Crippen molar-refractivity contribution in [3.8, 4) is 11.5 Å². The van der Waals surface area contributed by atoms with Crippen molar-refractivity contribution in [2.75, 3.05) is 52.3 Å². The second-order valence-corrected chi connectivity index (χ2v) is 7.82. The standard InChI is InChI=1S/C23H31N5O6/c1-6-34-23(31)27-11-9-26(10-12-27)22(30)16(3)28-14-18(15(2)25-28)24-21(29)17-7-8-19(32-4)20(13-17)33-5/h7-8,13-14,16H,6,9-12H2,1-5H3,(H,24,29). The summed E-state index contributed by atoms with van der Waals surface area (Å²) in [5.41, 5.74) is 1.49. The monoisotopic (exact) mass is 473 g/mol. The highest BCUT2D eigenvalue weighted by atomic mass is 16.6. The number of hydrogen-bond donors (Lipinski definition) is 1. The van der Waals surface area contributed by atoms with Crippen LogP contribution in [0.2, 0.25) is 0 Å². The maximum absolute atomic E-state index is 13.0. The normalized spacial score (nSPS) is 14.4. The molecule has 1 aromatic carbocycles. The van der Waals surface area contributed by atoms with Gasteiger partial charge in [0.15, 0.2) is 11.5 Å². The molecular weight excluding hydrogens is 442 g/mol. The molecule has 2 aromatic rings. The van der Waals surface area contributed by atoms with Crippen LogP contribution in [0.5, 0.6) is 11.5 Å². The molecule has 0 saturated carbocycles. The van der Waals surface area contributed by atoms with Crippen LogP contribution in [0.1, 0.15) is 35.9 Å². The Hall–Kier alpha value is -3.76. The summed E-state index contributed by atoms with van der Waals surface area (Å²) < 4.78 is 17.0. The Bertz CT molecular complexity index is 1040. The van der Waals surface area contributed by atoms with Crippen molar-refractivity contribution >= 4 is 23.6 Å². The summed E-state index contributed by atoms with van der Waals surface area (Å²) in [5, 5.41) is 7.26. The van der Waals surface area contributed by atoms with Crippen LogP contribution in [0.3, 0.4) is 0 Å². The van der Waals surface area contributed by atoms with Crippen molar-refractivity contribution in [1.29, 1.82) is 0 Å². The van der Waals surface area contributed by atoms with Crippen molar-refractivity contribution < 1.29 is 28.6 Å². The molecule has 1 aliphatic rings. The molecule has 3 amide bonds. The van der Waals surface area contributed by atoms with Crippen LogP contribution in [-0.2, 0) is 9.53 Å². The second kappa shape index (κ2) is 10.9. The number of anilines is 1. The fourth-order valence-electron chi connectivity index (χ4n) is 3.68. The molecule has 0 aliphatic carbocycles. The van der Waals surface area contributed by atoms with E-state index in [4.69, 9.17) is 14.2 Å². The number of piperazine rings is 1. The summed E-state index contributed by atoms with van der Waals surface area (Å²) in [6.45, 7) is 7.28. The zero-order valence-corrected chi connectivity index (χ0v) is 20.2. The quantitative estimate of drug-likeness (QED) is 0.656. The number of amides is 3. The van der Waals surface area contributed by atoms with Gasteiger partial charge in [0.2, 0.25) is 5.91 Å². The third-order valence-corrected chi connectivity index (χ3v) is 5.68. The molecule has 1 aliphatic heterocycles. The first kappa shape index (κ1) is 24.9. The minimum Gasteiger partial charge on any atom is -0.493 e. The number of aromatic nitrogens is 2. The fraction of sp³-hybridized carbons (Fsp3) is 0.478. The van der Waals surface area contributed by atoms with Crippen LogP contribution in [0, 0.1) is 6.92 Å². The van der Waals surface area contributed by atoms with Crippen molar-refractivity contribution in [2.45, 2.75) is 26.8 Å².